The third-order valence-electron chi connectivity index (χ3n) is 4.39. The second-order valence-corrected chi connectivity index (χ2v) is 6.58. The quantitative estimate of drug-likeness (QED) is 0.654. The Morgan fingerprint density at radius 1 is 1.50 bits per heavy atom. The fraction of sp³-hybridized carbons (Fsp3) is 0.444. The Morgan fingerprint density at radius 2 is 2.35 bits per heavy atom. The van der Waals surface area contributed by atoms with Gasteiger partial charge in [-0.2, -0.15) is 5.10 Å². The molecule has 3 rings (SSSR count). The van der Waals surface area contributed by atoms with E-state index in [-0.39, 0.29) is 11.9 Å². The predicted octanol–water partition coefficient (Wildman–Crippen LogP) is 2.40. The van der Waals surface area contributed by atoms with E-state index in [1.54, 1.807) is 23.9 Å². The van der Waals surface area contributed by atoms with Gasteiger partial charge in [0.05, 0.1) is 19.3 Å². The van der Waals surface area contributed by atoms with Crippen molar-refractivity contribution in [2.75, 3.05) is 33.3 Å². The van der Waals surface area contributed by atoms with E-state index in [4.69, 9.17) is 16.3 Å². The van der Waals surface area contributed by atoms with Gasteiger partial charge in [-0.1, -0.05) is 17.7 Å². The summed E-state index contributed by atoms with van der Waals surface area (Å²) < 4.78 is 21.5. The number of benzene rings is 1. The minimum Gasteiger partial charge on any atom is -0.370 e. The number of rotatable bonds is 4. The van der Waals surface area contributed by atoms with Gasteiger partial charge in [-0.05, 0) is 18.6 Å². The van der Waals surface area contributed by atoms with Gasteiger partial charge in [-0.25, -0.2) is 4.39 Å². The van der Waals surface area contributed by atoms with Crippen molar-refractivity contribution in [2.45, 2.75) is 12.5 Å². The summed E-state index contributed by atoms with van der Waals surface area (Å²) in [7, 11) is 3.63. The Labute approximate surface area is 157 Å². The molecule has 1 aromatic heterocycles. The van der Waals surface area contributed by atoms with E-state index in [9.17, 15) is 4.39 Å². The van der Waals surface area contributed by atoms with Crippen molar-refractivity contribution in [1.29, 1.82) is 0 Å². The van der Waals surface area contributed by atoms with Gasteiger partial charge in [-0.15, -0.1) is 0 Å². The van der Waals surface area contributed by atoms with Crippen molar-refractivity contribution in [3.05, 3.63) is 52.6 Å². The van der Waals surface area contributed by atoms with Gasteiger partial charge in [0.1, 0.15) is 11.9 Å². The van der Waals surface area contributed by atoms with Crippen molar-refractivity contribution in [3.8, 4) is 0 Å². The van der Waals surface area contributed by atoms with E-state index in [1.807, 2.05) is 19.4 Å². The van der Waals surface area contributed by atoms with E-state index in [1.165, 1.54) is 6.07 Å². The highest BCUT2D eigenvalue weighted by molar-refractivity contribution is 6.31. The first kappa shape index (κ1) is 18.7. The average Bonchev–Trinajstić information content (AvgIpc) is 3.07. The molecule has 1 fully saturated rings. The van der Waals surface area contributed by atoms with Crippen molar-refractivity contribution in [3.63, 3.8) is 0 Å². The lowest BCUT2D eigenvalue weighted by molar-refractivity contribution is -0.00800. The molecule has 0 spiro atoms. The van der Waals surface area contributed by atoms with E-state index < -0.39 is 0 Å². The molecule has 1 saturated heterocycles. The number of guanidine groups is 1. The minimum atomic E-state index is -0.280. The number of morpholine rings is 1. The number of nitrogens with one attached hydrogen (secondary N) is 1. The summed E-state index contributed by atoms with van der Waals surface area (Å²) in [5, 5.41) is 7.95. The van der Waals surface area contributed by atoms with Crippen LogP contribution in [0.5, 0.6) is 0 Å². The van der Waals surface area contributed by atoms with Crippen LogP contribution in [0.3, 0.4) is 0 Å². The van der Waals surface area contributed by atoms with Gasteiger partial charge < -0.3 is 15.0 Å². The molecule has 0 amide bonds. The van der Waals surface area contributed by atoms with Crippen molar-refractivity contribution >= 4 is 17.6 Å². The zero-order chi connectivity index (χ0) is 18.5. The highest BCUT2D eigenvalue weighted by Crippen LogP contribution is 2.22. The van der Waals surface area contributed by atoms with E-state index in [2.05, 4.69) is 20.3 Å². The maximum atomic E-state index is 13.9. The molecule has 26 heavy (non-hydrogen) atoms. The molecule has 2 aromatic rings. The lowest BCUT2D eigenvalue weighted by Gasteiger charge is -2.34. The maximum Gasteiger partial charge on any atom is 0.193 e. The molecule has 0 radical (unpaired) electrons. The summed E-state index contributed by atoms with van der Waals surface area (Å²) in [6.07, 6.45) is 4.23. The van der Waals surface area contributed by atoms with Crippen LogP contribution in [0.4, 0.5) is 4.39 Å². The number of aliphatic imine (C=N–C) groups is 1. The zero-order valence-corrected chi connectivity index (χ0v) is 15.7. The molecule has 1 N–H and O–H groups in total. The molecule has 2 heterocycles. The van der Waals surface area contributed by atoms with Crippen LogP contribution in [0.2, 0.25) is 5.02 Å². The number of ether oxygens (including phenoxy) is 1. The van der Waals surface area contributed by atoms with Gasteiger partial charge in [0.25, 0.3) is 0 Å². The van der Waals surface area contributed by atoms with Crippen LogP contribution < -0.4 is 5.32 Å². The monoisotopic (exact) mass is 379 g/mol. The maximum absolute atomic E-state index is 13.9. The number of aryl methyl sites for hydroxylation is 1. The van der Waals surface area contributed by atoms with Crippen molar-refractivity contribution in [2.24, 2.45) is 12.0 Å². The molecule has 1 aliphatic rings. The number of hydrogen-bond acceptors (Lipinski definition) is 3. The smallest absolute Gasteiger partial charge is 0.193 e. The highest BCUT2D eigenvalue weighted by Gasteiger charge is 2.25. The van der Waals surface area contributed by atoms with E-state index in [0.29, 0.717) is 36.7 Å². The van der Waals surface area contributed by atoms with Gasteiger partial charge in [0.15, 0.2) is 5.96 Å². The summed E-state index contributed by atoms with van der Waals surface area (Å²) in [4.78, 5) is 6.49. The topological polar surface area (TPSA) is 54.7 Å². The largest absolute Gasteiger partial charge is 0.370 e. The van der Waals surface area contributed by atoms with Crippen LogP contribution in [0.15, 0.2) is 35.6 Å². The highest BCUT2D eigenvalue weighted by atomic mass is 35.5. The first-order valence-electron chi connectivity index (χ1n) is 8.57. The lowest BCUT2D eigenvalue weighted by Crippen LogP contribution is -2.48. The standard InChI is InChI=1S/C18H23ClFN5O/c1-21-18(22-7-6-14-15(19)4-3-5-16(14)20)25-8-9-26-17(12-25)13-10-23-24(2)11-13/h3-5,10-11,17H,6-9,12H2,1-2H3,(H,21,22). The summed E-state index contributed by atoms with van der Waals surface area (Å²) in [5.74, 6) is 0.493. The number of halogens is 2. The van der Waals surface area contributed by atoms with Gasteiger partial charge in [0, 0.05) is 49.5 Å². The van der Waals surface area contributed by atoms with Crippen LogP contribution in [-0.2, 0) is 18.2 Å². The SMILES string of the molecule is CN=C(NCCc1c(F)cccc1Cl)N1CCOC(c2cnn(C)c2)C1. The third-order valence-corrected chi connectivity index (χ3v) is 4.75. The average molecular weight is 380 g/mol. The Balaban J connectivity index is 1.58. The molecule has 0 aliphatic carbocycles. The first-order chi connectivity index (χ1) is 12.6. The van der Waals surface area contributed by atoms with Gasteiger partial charge in [-0.3, -0.25) is 9.67 Å². The van der Waals surface area contributed by atoms with Crippen LogP contribution >= 0.6 is 11.6 Å². The molecular formula is C18H23ClFN5O. The van der Waals surface area contributed by atoms with Crippen LogP contribution in [0.1, 0.15) is 17.2 Å². The predicted molar refractivity (Wildman–Crippen MR) is 99.9 cm³/mol. The molecule has 0 bridgehead atoms. The Bertz CT molecular complexity index is 758. The molecule has 1 atom stereocenters. The molecule has 1 unspecified atom stereocenters. The number of nitrogens with zero attached hydrogens (tertiary/aromatic N) is 4. The molecule has 1 aromatic carbocycles. The Kier molecular flexibility index (Phi) is 6.11. The fourth-order valence-electron chi connectivity index (χ4n) is 3.05. The molecular weight excluding hydrogens is 357 g/mol. The second-order valence-electron chi connectivity index (χ2n) is 6.18. The Morgan fingerprint density at radius 3 is 3.04 bits per heavy atom. The summed E-state index contributed by atoms with van der Waals surface area (Å²) in [5.41, 5.74) is 1.57. The number of aromatic nitrogens is 2. The van der Waals surface area contributed by atoms with Gasteiger partial charge >= 0.3 is 0 Å². The second kappa shape index (κ2) is 8.51. The van der Waals surface area contributed by atoms with Crippen LogP contribution in [0.25, 0.3) is 0 Å². The minimum absolute atomic E-state index is 0.0444. The Hall–Kier alpha value is -2.12. The normalized spacial score (nSPS) is 18.2. The molecule has 140 valence electrons. The summed E-state index contributed by atoms with van der Waals surface area (Å²) >= 11 is 6.08. The van der Waals surface area contributed by atoms with E-state index >= 15 is 0 Å². The van der Waals surface area contributed by atoms with Crippen LogP contribution in [-0.4, -0.2) is 53.9 Å². The number of hydrogen-bond donors (Lipinski definition) is 1. The molecule has 1 aliphatic heterocycles. The first-order valence-corrected chi connectivity index (χ1v) is 8.95. The van der Waals surface area contributed by atoms with E-state index in [0.717, 1.165) is 18.1 Å². The summed E-state index contributed by atoms with van der Waals surface area (Å²) in [6, 6.07) is 4.74. The van der Waals surface area contributed by atoms with Crippen LogP contribution in [0, 0.1) is 5.82 Å². The fourth-order valence-corrected chi connectivity index (χ4v) is 3.31. The van der Waals surface area contributed by atoms with Gasteiger partial charge in [0.2, 0.25) is 0 Å². The lowest BCUT2D eigenvalue weighted by atomic mass is 10.1. The van der Waals surface area contributed by atoms with Crippen molar-refractivity contribution < 1.29 is 9.13 Å². The molecule has 0 saturated carbocycles. The third kappa shape index (κ3) is 4.34. The summed E-state index contributed by atoms with van der Waals surface area (Å²) in [6.45, 7) is 2.59. The zero-order valence-electron chi connectivity index (χ0n) is 15.0. The molecule has 8 heteroatoms. The van der Waals surface area contributed by atoms with Crippen molar-refractivity contribution in [1.82, 2.24) is 20.0 Å². The molecule has 6 nitrogen and oxygen atoms in total.